The van der Waals surface area contributed by atoms with Gasteiger partial charge >= 0.3 is 5.97 Å². The van der Waals surface area contributed by atoms with Crippen LogP contribution in [0, 0.1) is 0 Å². The molecule has 0 spiro atoms. The van der Waals surface area contributed by atoms with Crippen LogP contribution >= 0.6 is 0 Å². The highest BCUT2D eigenvalue weighted by Gasteiger charge is 2.40. The molecule has 4 heteroatoms. The molecule has 1 fully saturated rings. The quantitative estimate of drug-likeness (QED) is 0.775. The molecule has 0 amide bonds. The number of nitrogens with one attached hydrogen (secondary N) is 1. The number of esters is 1. The second-order valence-corrected chi connectivity index (χ2v) is 5.59. The zero-order valence-corrected chi connectivity index (χ0v) is 12.6. The van der Waals surface area contributed by atoms with Crippen LogP contribution < -0.4 is 10.2 Å². The molecule has 0 aromatic heterocycles. The molecule has 0 radical (unpaired) electrons. The van der Waals surface area contributed by atoms with Crippen LogP contribution in [0.5, 0.6) is 0 Å². The molecule has 110 valence electrons. The predicted octanol–water partition coefficient (Wildman–Crippen LogP) is 2.20. The first kappa shape index (κ1) is 14.9. The lowest BCUT2D eigenvalue weighted by Crippen LogP contribution is -2.58. The molecule has 1 N–H and O–H groups in total. The molecule has 4 nitrogen and oxygen atoms in total. The molecule has 1 saturated carbocycles. The van der Waals surface area contributed by atoms with Gasteiger partial charge in [-0.3, -0.25) is 5.32 Å². The number of carbonyl (C=O) groups is 1. The van der Waals surface area contributed by atoms with Gasteiger partial charge in [-0.15, -0.1) is 0 Å². The van der Waals surface area contributed by atoms with E-state index in [1.165, 1.54) is 7.11 Å². The summed E-state index contributed by atoms with van der Waals surface area (Å²) in [5.41, 5.74) is 0.463. The number of anilines is 1. The summed E-state index contributed by atoms with van der Waals surface area (Å²) >= 11 is 0. The van der Waals surface area contributed by atoms with E-state index in [0.29, 0.717) is 12.6 Å². The van der Waals surface area contributed by atoms with Crippen molar-refractivity contribution >= 4 is 11.7 Å². The van der Waals surface area contributed by atoms with Crippen molar-refractivity contribution in [3.05, 3.63) is 30.3 Å². The fourth-order valence-electron chi connectivity index (χ4n) is 2.48. The maximum Gasteiger partial charge on any atom is 0.327 e. The normalized spacial score (nSPS) is 17.4. The number of hydrogen-bond acceptors (Lipinski definition) is 4. The van der Waals surface area contributed by atoms with Crippen molar-refractivity contribution in [3.8, 4) is 0 Å². The maximum absolute atomic E-state index is 12.2. The van der Waals surface area contributed by atoms with Crippen LogP contribution in [0.15, 0.2) is 30.3 Å². The molecule has 1 aliphatic rings. The van der Waals surface area contributed by atoms with Crippen LogP contribution in [0.1, 0.15) is 26.7 Å². The van der Waals surface area contributed by atoms with Crippen LogP contribution in [-0.2, 0) is 9.53 Å². The molecule has 20 heavy (non-hydrogen) atoms. The van der Waals surface area contributed by atoms with Gasteiger partial charge in [0.2, 0.25) is 0 Å². The highest BCUT2D eigenvalue weighted by atomic mass is 16.5. The van der Waals surface area contributed by atoms with Crippen LogP contribution in [0.4, 0.5) is 5.69 Å². The standard InChI is InChI=1S/C16H24N2O2/c1-4-18(14-8-6-5-7-9-14)12-16(2,15(19)20-3)17-13-10-11-13/h5-9,13,17H,4,10-12H2,1-3H3. The molecule has 0 saturated heterocycles. The van der Waals surface area contributed by atoms with Crippen molar-refractivity contribution in [2.45, 2.75) is 38.3 Å². The Labute approximate surface area is 121 Å². The molecule has 0 bridgehead atoms. The van der Waals surface area contributed by atoms with Crippen molar-refractivity contribution in [3.63, 3.8) is 0 Å². The van der Waals surface area contributed by atoms with E-state index in [1.54, 1.807) is 0 Å². The summed E-state index contributed by atoms with van der Waals surface area (Å²) < 4.78 is 5.00. The van der Waals surface area contributed by atoms with Crippen LogP contribution in [0.25, 0.3) is 0 Å². The molecule has 0 heterocycles. The Morgan fingerprint density at radius 1 is 1.40 bits per heavy atom. The average molecular weight is 276 g/mol. The van der Waals surface area contributed by atoms with Crippen LogP contribution in [0.2, 0.25) is 0 Å². The van der Waals surface area contributed by atoms with Crippen LogP contribution in [-0.4, -0.2) is 37.7 Å². The SMILES string of the molecule is CCN(CC(C)(NC1CC1)C(=O)OC)c1ccccc1. The molecule has 1 unspecified atom stereocenters. The molecular weight excluding hydrogens is 252 g/mol. The van der Waals surface area contributed by atoms with E-state index in [0.717, 1.165) is 25.1 Å². The minimum atomic E-state index is -0.665. The number of likely N-dealkylation sites (N-methyl/N-ethyl adjacent to an activating group) is 1. The van der Waals surface area contributed by atoms with E-state index < -0.39 is 5.54 Å². The van der Waals surface area contributed by atoms with E-state index in [2.05, 4.69) is 29.3 Å². The second kappa shape index (κ2) is 6.27. The number of para-hydroxylation sites is 1. The number of benzene rings is 1. The Kier molecular flexibility index (Phi) is 4.65. The largest absolute Gasteiger partial charge is 0.468 e. The van der Waals surface area contributed by atoms with Gasteiger partial charge in [-0.2, -0.15) is 0 Å². The van der Waals surface area contributed by atoms with Gasteiger partial charge in [-0.05, 0) is 38.8 Å². The Hall–Kier alpha value is -1.55. The summed E-state index contributed by atoms with van der Waals surface area (Å²) in [6.07, 6.45) is 2.29. The van der Waals surface area contributed by atoms with Gasteiger partial charge in [0.15, 0.2) is 0 Å². The van der Waals surface area contributed by atoms with E-state index in [-0.39, 0.29) is 5.97 Å². The minimum Gasteiger partial charge on any atom is -0.468 e. The lowest BCUT2D eigenvalue weighted by Gasteiger charge is -2.35. The molecular formula is C16H24N2O2. The number of nitrogens with zero attached hydrogens (tertiary/aromatic N) is 1. The summed E-state index contributed by atoms with van der Waals surface area (Å²) in [5.74, 6) is -0.196. The fourth-order valence-corrected chi connectivity index (χ4v) is 2.48. The Morgan fingerprint density at radius 3 is 2.55 bits per heavy atom. The van der Waals surface area contributed by atoms with Gasteiger partial charge in [0.05, 0.1) is 7.11 Å². The van der Waals surface area contributed by atoms with E-state index in [9.17, 15) is 4.79 Å². The Balaban J connectivity index is 2.14. The Morgan fingerprint density at radius 2 is 2.05 bits per heavy atom. The number of methoxy groups -OCH3 is 1. The van der Waals surface area contributed by atoms with Gasteiger partial charge in [0.1, 0.15) is 5.54 Å². The number of hydrogen-bond donors (Lipinski definition) is 1. The number of ether oxygens (including phenoxy) is 1. The smallest absolute Gasteiger partial charge is 0.327 e. The third kappa shape index (κ3) is 3.51. The molecule has 1 atom stereocenters. The fraction of sp³-hybridized carbons (Fsp3) is 0.562. The van der Waals surface area contributed by atoms with Crippen molar-refractivity contribution in [1.82, 2.24) is 5.32 Å². The zero-order chi connectivity index (χ0) is 14.6. The van der Waals surface area contributed by atoms with Gasteiger partial charge in [0, 0.05) is 24.8 Å². The summed E-state index contributed by atoms with van der Waals surface area (Å²) in [6.45, 7) is 5.49. The third-order valence-corrected chi connectivity index (χ3v) is 3.75. The third-order valence-electron chi connectivity index (χ3n) is 3.75. The number of rotatable bonds is 7. The lowest BCUT2D eigenvalue weighted by atomic mass is 10.0. The maximum atomic E-state index is 12.2. The minimum absolute atomic E-state index is 0.196. The molecule has 1 aliphatic carbocycles. The summed E-state index contributed by atoms with van der Waals surface area (Å²) in [4.78, 5) is 14.4. The topological polar surface area (TPSA) is 41.6 Å². The van der Waals surface area contributed by atoms with Crippen LogP contribution in [0.3, 0.4) is 0 Å². The first-order valence-electron chi connectivity index (χ1n) is 7.25. The van der Waals surface area contributed by atoms with Crippen molar-refractivity contribution in [2.75, 3.05) is 25.1 Å². The van der Waals surface area contributed by atoms with Gasteiger partial charge in [-0.25, -0.2) is 4.79 Å². The highest BCUT2D eigenvalue weighted by molar-refractivity contribution is 5.81. The molecule has 0 aliphatic heterocycles. The molecule has 1 aromatic rings. The summed E-state index contributed by atoms with van der Waals surface area (Å²) in [7, 11) is 1.45. The first-order chi connectivity index (χ1) is 9.59. The number of carbonyl (C=O) groups excluding carboxylic acids is 1. The van der Waals surface area contributed by atoms with E-state index in [1.807, 2.05) is 25.1 Å². The average Bonchev–Trinajstić information content (AvgIpc) is 3.28. The van der Waals surface area contributed by atoms with Crippen molar-refractivity contribution in [1.29, 1.82) is 0 Å². The van der Waals surface area contributed by atoms with Crippen molar-refractivity contribution in [2.24, 2.45) is 0 Å². The van der Waals surface area contributed by atoms with Gasteiger partial charge in [-0.1, -0.05) is 18.2 Å². The van der Waals surface area contributed by atoms with Crippen molar-refractivity contribution < 1.29 is 9.53 Å². The zero-order valence-electron chi connectivity index (χ0n) is 12.6. The highest BCUT2D eigenvalue weighted by Crippen LogP contribution is 2.25. The first-order valence-corrected chi connectivity index (χ1v) is 7.25. The lowest BCUT2D eigenvalue weighted by molar-refractivity contribution is -0.147. The Bertz CT molecular complexity index is 445. The second-order valence-electron chi connectivity index (χ2n) is 5.59. The summed E-state index contributed by atoms with van der Waals surface area (Å²) in [6, 6.07) is 10.6. The van der Waals surface area contributed by atoms with Gasteiger partial charge in [0.25, 0.3) is 0 Å². The monoisotopic (exact) mass is 276 g/mol. The van der Waals surface area contributed by atoms with E-state index in [4.69, 9.17) is 4.74 Å². The predicted molar refractivity (Wildman–Crippen MR) is 80.9 cm³/mol. The van der Waals surface area contributed by atoms with Gasteiger partial charge < -0.3 is 9.64 Å². The summed E-state index contributed by atoms with van der Waals surface area (Å²) in [5, 5.41) is 3.44. The molecule has 2 rings (SSSR count). The molecule has 1 aromatic carbocycles. The van der Waals surface area contributed by atoms with E-state index >= 15 is 0 Å².